The van der Waals surface area contributed by atoms with Crippen LogP contribution in [-0.4, -0.2) is 24.5 Å². The summed E-state index contributed by atoms with van der Waals surface area (Å²) < 4.78 is 42.1. The number of fused-ring (bicyclic) bond motifs is 1. The molecule has 0 bridgehead atoms. The van der Waals surface area contributed by atoms with Crippen LogP contribution in [0.25, 0.3) is 11.1 Å². The Hall–Kier alpha value is -2.09. The molecule has 1 aromatic carbocycles. The Morgan fingerprint density at radius 2 is 2.14 bits per heavy atom. The summed E-state index contributed by atoms with van der Waals surface area (Å²) in [5.74, 6) is -1.80. The minimum Gasteiger partial charge on any atom is -0.433 e. The van der Waals surface area contributed by atoms with Crippen LogP contribution in [0.2, 0.25) is 0 Å². The van der Waals surface area contributed by atoms with E-state index in [0.717, 1.165) is 0 Å². The Morgan fingerprint density at radius 3 is 2.76 bits per heavy atom. The fourth-order valence-electron chi connectivity index (χ4n) is 1.79. The molecule has 2 N–H and O–H groups in total. The highest BCUT2D eigenvalue weighted by Gasteiger charge is 2.37. The first-order chi connectivity index (χ1) is 9.81. The molecule has 8 heteroatoms. The smallest absolute Gasteiger partial charge is 0.433 e. The average Bonchev–Trinajstić information content (AvgIpc) is 2.82. The van der Waals surface area contributed by atoms with Crippen molar-refractivity contribution in [2.75, 3.05) is 18.9 Å². The zero-order valence-electron chi connectivity index (χ0n) is 11.4. The van der Waals surface area contributed by atoms with Gasteiger partial charge in [-0.25, -0.2) is 4.98 Å². The van der Waals surface area contributed by atoms with E-state index < -0.39 is 12.1 Å². The fraction of sp³-hybridized carbons (Fsp3) is 0.385. The number of amides is 1. The van der Waals surface area contributed by atoms with Crippen molar-refractivity contribution >= 4 is 22.7 Å². The van der Waals surface area contributed by atoms with Gasteiger partial charge in [-0.3, -0.25) is 4.79 Å². The molecule has 114 valence electrons. The van der Waals surface area contributed by atoms with Crippen LogP contribution in [0.4, 0.5) is 18.9 Å². The average molecular weight is 301 g/mol. The van der Waals surface area contributed by atoms with E-state index in [-0.39, 0.29) is 22.9 Å². The van der Waals surface area contributed by atoms with Crippen molar-refractivity contribution in [3.8, 4) is 0 Å². The third-order valence-corrected chi connectivity index (χ3v) is 2.86. The summed E-state index contributed by atoms with van der Waals surface area (Å²) >= 11 is 0. The second kappa shape index (κ2) is 5.72. The number of anilines is 1. The van der Waals surface area contributed by atoms with Crippen LogP contribution in [-0.2, 0) is 11.0 Å². The molecular weight excluding hydrogens is 287 g/mol. The summed E-state index contributed by atoms with van der Waals surface area (Å²) in [6.07, 6.45) is -4.64. The van der Waals surface area contributed by atoms with Crippen molar-refractivity contribution in [2.24, 2.45) is 5.92 Å². The summed E-state index contributed by atoms with van der Waals surface area (Å²) in [4.78, 5) is 15.2. The third kappa shape index (κ3) is 3.52. The molecule has 0 radical (unpaired) electrons. The highest BCUT2D eigenvalue weighted by Crippen LogP contribution is 2.31. The summed E-state index contributed by atoms with van der Waals surface area (Å²) in [5, 5.41) is 5.50. The molecule has 0 saturated heterocycles. The van der Waals surface area contributed by atoms with E-state index in [4.69, 9.17) is 0 Å². The lowest BCUT2D eigenvalue weighted by Crippen LogP contribution is -2.28. The van der Waals surface area contributed by atoms with Crippen LogP contribution in [0.5, 0.6) is 0 Å². The van der Waals surface area contributed by atoms with Gasteiger partial charge >= 0.3 is 12.1 Å². The fourth-order valence-corrected chi connectivity index (χ4v) is 1.79. The van der Waals surface area contributed by atoms with E-state index in [9.17, 15) is 18.0 Å². The van der Waals surface area contributed by atoms with Crippen molar-refractivity contribution < 1.29 is 22.4 Å². The Morgan fingerprint density at radius 1 is 1.43 bits per heavy atom. The van der Waals surface area contributed by atoms with Gasteiger partial charge in [0, 0.05) is 18.2 Å². The number of rotatable bonds is 4. The number of nitrogens with one attached hydrogen (secondary N) is 2. The summed E-state index contributed by atoms with van der Waals surface area (Å²) in [7, 11) is 1.73. The molecule has 1 atom stereocenters. The molecule has 0 aliphatic carbocycles. The Kier molecular flexibility index (Phi) is 4.17. The number of hydrogen-bond acceptors (Lipinski definition) is 4. The van der Waals surface area contributed by atoms with Crippen LogP contribution in [0.15, 0.2) is 22.6 Å². The molecule has 0 spiro atoms. The second-order valence-electron chi connectivity index (χ2n) is 4.65. The first-order valence-corrected chi connectivity index (χ1v) is 6.24. The molecular formula is C13H14F3N3O2. The molecule has 1 heterocycles. The van der Waals surface area contributed by atoms with Crippen LogP contribution in [0.1, 0.15) is 12.8 Å². The molecule has 0 aliphatic heterocycles. The molecule has 0 fully saturated rings. The first-order valence-electron chi connectivity index (χ1n) is 6.24. The normalized spacial score (nSPS) is 13.4. The number of aromatic nitrogens is 1. The molecule has 5 nitrogen and oxygen atoms in total. The number of carbonyl (C=O) groups excluding carboxylic acids is 1. The standard InChI is InChI=1S/C13H14F3N3O2/c1-7(6-17-2)11(20)18-8-3-4-10-9(5-8)19-12(21-10)13(14,15)16/h3-5,7,17H,6H2,1-2H3,(H,18,20). The molecule has 0 aliphatic rings. The lowest BCUT2D eigenvalue weighted by Gasteiger charge is -2.11. The van der Waals surface area contributed by atoms with Crippen molar-refractivity contribution in [1.29, 1.82) is 0 Å². The Bertz CT molecular complexity index is 652. The Labute approximate surface area is 118 Å². The number of hydrogen-bond donors (Lipinski definition) is 2. The van der Waals surface area contributed by atoms with Crippen molar-refractivity contribution in [2.45, 2.75) is 13.1 Å². The SMILES string of the molecule is CNCC(C)C(=O)Nc1ccc2oc(C(F)(F)F)nc2c1. The quantitative estimate of drug-likeness (QED) is 0.911. The van der Waals surface area contributed by atoms with Crippen molar-refractivity contribution in [1.82, 2.24) is 10.3 Å². The van der Waals surface area contributed by atoms with Gasteiger partial charge in [0.25, 0.3) is 0 Å². The van der Waals surface area contributed by atoms with Gasteiger partial charge in [-0.2, -0.15) is 13.2 Å². The largest absolute Gasteiger partial charge is 0.468 e. The molecule has 0 saturated carbocycles. The molecule has 1 aromatic heterocycles. The highest BCUT2D eigenvalue weighted by molar-refractivity contribution is 5.94. The maximum Gasteiger partial charge on any atom is 0.468 e. The minimum atomic E-state index is -4.64. The van der Waals surface area contributed by atoms with Crippen molar-refractivity contribution in [3.63, 3.8) is 0 Å². The number of carbonyl (C=O) groups is 1. The van der Waals surface area contributed by atoms with Crippen LogP contribution >= 0.6 is 0 Å². The second-order valence-corrected chi connectivity index (χ2v) is 4.65. The van der Waals surface area contributed by atoms with Gasteiger partial charge in [-0.15, -0.1) is 0 Å². The molecule has 21 heavy (non-hydrogen) atoms. The molecule has 1 amide bonds. The first kappa shape index (κ1) is 15.3. The topological polar surface area (TPSA) is 67.2 Å². The van der Waals surface area contributed by atoms with Crippen LogP contribution < -0.4 is 10.6 Å². The van der Waals surface area contributed by atoms with E-state index in [1.165, 1.54) is 18.2 Å². The predicted molar refractivity (Wildman–Crippen MR) is 70.7 cm³/mol. The number of oxazole rings is 1. The molecule has 1 unspecified atom stereocenters. The number of nitrogens with zero attached hydrogens (tertiary/aromatic N) is 1. The van der Waals surface area contributed by atoms with Gasteiger partial charge in [0.2, 0.25) is 5.91 Å². The third-order valence-electron chi connectivity index (χ3n) is 2.86. The van der Waals surface area contributed by atoms with E-state index in [2.05, 4.69) is 20.0 Å². The Balaban J connectivity index is 2.21. The van der Waals surface area contributed by atoms with Crippen LogP contribution in [0.3, 0.4) is 0 Å². The van der Waals surface area contributed by atoms with Gasteiger partial charge in [0.05, 0.1) is 0 Å². The van der Waals surface area contributed by atoms with Gasteiger partial charge in [0.15, 0.2) is 5.58 Å². The van der Waals surface area contributed by atoms with Crippen molar-refractivity contribution in [3.05, 3.63) is 24.1 Å². The highest BCUT2D eigenvalue weighted by atomic mass is 19.4. The number of alkyl halides is 3. The lowest BCUT2D eigenvalue weighted by molar-refractivity contribution is -0.156. The molecule has 2 aromatic rings. The van der Waals surface area contributed by atoms with Gasteiger partial charge < -0.3 is 15.1 Å². The lowest BCUT2D eigenvalue weighted by atomic mass is 10.1. The maximum atomic E-state index is 12.5. The van der Waals surface area contributed by atoms with Gasteiger partial charge in [-0.1, -0.05) is 6.92 Å². The summed E-state index contributed by atoms with van der Waals surface area (Å²) in [6, 6.07) is 4.16. The van der Waals surface area contributed by atoms with E-state index in [1.807, 2.05) is 0 Å². The monoisotopic (exact) mass is 301 g/mol. The van der Waals surface area contributed by atoms with Crippen LogP contribution in [0, 0.1) is 5.92 Å². The maximum absolute atomic E-state index is 12.5. The zero-order valence-corrected chi connectivity index (χ0v) is 11.4. The predicted octanol–water partition coefficient (Wildman–Crippen LogP) is 2.64. The number of benzene rings is 1. The summed E-state index contributed by atoms with van der Waals surface area (Å²) in [5.41, 5.74) is 0.433. The summed E-state index contributed by atoms with van der Waals surface area (Å²) in [6.45, 7) is 2.23. The van der Waals surface area contributed by atoms with Gasteiger partial charge in [-0.05, 0) is 25.2 Å². The zero-order chi connectivity index (χ0) is 15.6. The van der Waals surface area contributed by atoms with Gasteiger partial charge in [0.1, 0.15) is 5.52 Å². The molecule has 2 rings (SSSR count). The van der Waals surface area contributed by atoms with E-state index >= 15 is 0 Å². The van der Waals surface area contributed by atoms with E-state index in [0.29, 0.717) is 12.2 Å². The number of halogens is 3. The minimum absolute atomic E-state index is 0.0172. The van der Waals surface area contributed by atoms with E-state index in [1.54, 1.807) is 14.0 Å².